The molecule has 1 aromatic carbocycles. The maximum atomic E-state index is 13.0. The standard InChI is InChI=1S/C12H9Cl2FS/c13-10(7-9-2-1-5-16-9)8-3-4-12(15)11(14)6-8/h1-6,10H,7H2. The van der Waals surface area contributed by atoms with Crippen molar-refractivity contribution in [2.75, 3.05) is 0 Å². The number of rotatable bonds is 3. The molecule has 0 saturated heterocycles. The Hall–Kier alpha value is -0.570. The van der Waals surface area contributed by atoms with Gasteiger partial charge in [0, 0.05) is 11.3 Å². The first-order chi connectivity index (χ1) is 7.66. The molecular formula is C12H9Cl2FS. The lowest BCUT2D eigenvalue weighted by Gasteiger charge is -2.09. The second kappa shape index (κ2) is 5.17. The van der Waals surface area contributed by atoms with E-state index in [2.05, 4.69) is 0 Å². The quantitative estimate of drug-likeness (QED) is 0.686. The van der Waals surface area contributed by atoms with Gasteiger partial charge in [0.25, 0.3) is 0 Å². The van der Waals surface area contributed by atoms with Crippen LogP contribution in [0.3, 0.4) is 0 Å². The molecule has 2 rings (SSSR count). The van der Waals surface area contributed by atoms with Crippen LogP contribution in [0.4, 0.5) is 4.39 Å². The van der Waals surface area contributed by atoms with E-state index in [9.17, 15) is 4.39 Å². The van der Waals surface area contributed by atoms with E-state index < -0.39 is 5.82 Å². The van der Waals surface area contributed by atoms with Gasteiger partial charge in [-0.2, -0.15) is 0 Å². The summed E-state index contributed by atoms with van der Waals surface area (Å²) < 4.78 is 13.0. The second-order valence-electron chi connectivity index (χ2n) is 3.42. The summed E-state index contributed by atoms with van der Waals surface area (Å²) in [6, 6.07) is 8.63. The monoisotopic (exact) mass is 274 g/mol. The fraction of sp³-hybridized carbons (Fsp3) is 0.167. The Kier molecular flexibility index (Phi) is 3.85. The molecule has 0 N–H and O–H groups in total. The van der Waals surface area contributed by atoms with Crippen molar-refractivity contribution in [3.63, 3.8) is 0 Å². The Bertz CT molecular complexity index is 468. The smallest absolute Gasteiger partial charge is 0.141 e. The van der Waals surface area contributed by atoms with Crippen molar-refractivity contribution in [2.45, 2.75) is 11.8 Å². The zero-order chi connectivity index (χ0) is 11.5. The lowest BCUT2D eigenvalue weighted by Crippen LogP contribution is -1.94. The van der Waals surface area contributed by atoms with E-state index in [0.717, 1.165) is 12.0 Å². The maximum Gasteiger partial charge on any atom is 0.141 e. The van der Waals surface area contributed by atoms with Gasteiger partial charge in [-0.3, -0.25) is 0 Å². The lowest BCUT2D eigenvalue weighted by atomic mass is 10.1. The lowest BCUT2D eigenvalue weighted by molar-refractivity contribution is 0.627. The summed E-state index contributed by atoms with van der Waals surface area (Å²) in [7, 11) is 0. The van der Waals surface area contributed by atoms with Gasteiger partial charge in [-0.05, 0) is 29.1 Å². The van der Waals surface area contributed by atoms with E-state index in [4.69, 9.17) is 23.2 Å². The van der Waals surface area contributed by atoms with Crippen LogP contribution in [0.5, 0.6) is 0 Å². The zero-order valence-corrected chi connectivity index (χ0v) is 10.6. The zero-order valence-electron chi connectivity index (χ0n) is 8.29. The molecule has 0 saturated carbocycles. The first-order valence-corrected chi connectivity index (χ1v) is 6.47. The molecule has 4 heteroatoms. The van der Waals surface area contributed by atoms with E-state index in [1.165, 1.54) is 10.9 Å². The van der Waals surface area contributed by atoms with Crippen molar-refractivity contribution < 1.29 is 4.39 Å². The van der Waals surface area contributed by atoms with Crippen molar-refractivity contribution in [1.82, 2.24) is 0 Å². The van der Waals surface area contributed by atoms with Gasteiger partial charge in [0.05, 0.1) is 10.4 Å². The van der Waals surface area contributed by atoms with Crippen LogP contribution in [0.1, 0.15) is 15.8 Å². The molecule has 1 aromatic heterocycles. The van der Waals surface area contributed by atoms with Crippen LogP contribution in [0, 0.1) is 5.82 Å². The predicted octanol–water partition coefficient (Wildman–Crippen LogP) is 5.06. The Morgan fingerprint density at radius 3 is 2.75 bits per heavy atom. The molecule has 1 atom stereocenters. The van der Waals surface area contributed by atoms with Gasteiger partial charge >= 0.3 is 0 Å². The first kappa shape index (κ1) is 11.9. The molecule has 16 heavy (non-hydrogen) atoms. The highest BCUT2D eigenvalue weighted by atomic mass is 35.5. The van der Waals surface area contributed by atoms with Gasteiger partial charge in [-0.15, -0.1) is 22.9 Å². The van der Waals surface area contributed by atoms with E-state index in [0.29, 0.717) is 0 Å². The molecule has 0 aliphatic heterocycles. The van der Waals surface area contributed by atoms with E-state index in [-0.39, 0.29) is 10.4 Å². The van der Waals surface area contributed by atoms with Crippen LogP contribution in [0.15, 0.2) is 35.7 Å². The van der Waals surface area contributed by atoms with Gasteiger partial charge in [0.1, 0.15) is 5.82 Å². The average Bonchev–Trinajstić information content (AvgIpc) is 2.74. The number of thiophene rings is 1. The molecule has 0 amide bonds. The molecule has 1 heterocycles. The first-order valence-electron chi connectivity index (χ1n) is 4.78. The van der Waals surface area contributed by atoms with Crippen LogP contribution in [-0.2, 0) is 6.42 Å². The normalized spacial score (nSPS) is 12.7. The van der Waals surface area contributed by atoms with Crippen LogP contribution in [0.2, 0.25) is 5.02 Å². The summed E-state index contributed by atoms with van der Waals surface area (Å²) >= 11 is 13.6. The number of halogens is 3. The summed E-state index contributed by atoms with van der Waals surface area (Å²) in [6.07, 6.45) is 0.737. The Morgan fingerprint density at radius 1 is 1.31 bits per heavy atom. The predicted molar refractivity (Wildman–Crippen MR) is 68.0 cm³/mol. The Morgan fingerprint density at radius 2 is 2.12 bits per heavy atom. The van der Waals surface area contributed by atoms with Crippen LogP contribution in [0.25, 0.3) is 0 Å². The highest BCUT2D eigenvalue weighted by molar-refractivity contribution is 7.09. The van der Waals surface area contributed by atoms with Gasteiger partial charge in [0.2, 0.25) is 0 Å². The SMILES string of the molecule is Fc1ccc(C(Cl)Cc2cccs2)cc1Cl. The van der Waals surface area contributed by atoms with E-state index in [1.807, 2.05) is 17.5 Å². The van der Waals surface area contributed by atoms with E-state index in [1.54, 1.807) is 23.5 Å². The van der Waals surface area contributed by atoms with Gasteiger partial charge < -0.3 is 0 Å². The molecule has 0 aliphatic carbocycles. The molecule has 1 unspecified atom stereocenters. The van der Waals surface area contributed by atoms with Crippen LogP contribution in [-0.4, -0.2) is 0 Å². The summed E-state index contributed by atoms with van der Waals surface area (Å²) in [5.41, 5.74) is 0.849. The van der Waals surface area contributed by atoms with Crippen molar-refractivity contribution in [3.05, 3.63) is 57.0 Å². The topological polar surface area (TPSA) is 0 Å². The van der Waals surface area contributed by atoms with Crippen molar-refractivity contribution in [1.29, 1.82) is 0 Å². The van der Waals surface area contributed by atoms with Gasteiger partial charge in [0.15, 0.2) is 0 Å². The molecule has 2 aromatic rings. The minimum Gasteiger partial charge on any atom is -0.205 e. The highest BCUT2D eigenvalue weighted by Gasteiger charge is 2.11. The Labute approximate surface area is 108 Å². The number of benzene rings is 1. The second-order valence-corrected chi connectivity index (χ2v) is 5.39. The summed E-state index contributed by atoms with van der Waals surface area (Å²) in [5, 5.41) is 1.96. The molecule has 0 nitrogen and oxygen atoms in total. The van der Waals surface area contributed by atoms with Gasteiger partial charge in [-0.1, -0.05) is 23.7 Å². The third-order valence-corrected chi connectivity index (χ3v) is 3.86. The third kappa shape index (κ3) is 2.76. The fourth-order valence-electron chi connectivity index (χ4n) is 1.43. The molecule has 84 valence electrons. The minimum absolute atomic E-state index is 0.120. The minimum atomic E-state index is -0.412. The molecule has 0 radical (unpaired) electrons. The number of hydrogen-bond donors (Lipinski definition) is 0. The average molecular weight is 275 g/mol. The highest BCUT2D eigenvalue weighted by Crippen LogP contribution is 2.29. The molecule has 0 bridgehead atoms. The van der Waals surface area contributed by atoms with Crippen LogP contribution < -0.4 is 0 Å². The molecule has 0 spiro atoms. The third-order valence-electron chi connectivity index (χ3n) is 2.27. The molecule has 0 fully saturated rings. The summed E-state index contributed by atoms with van der Waals surface area (Å²) in [4.78, 5) is 1.21. The Balaban J connectivity index is 2.14. The number of alkyl halides is 1. The van der Waals surface area contributed by atoms with Crippen molar-refractivity contribution in [3.8, 4) is 0 Å². The largest absolute Gasteiger partial charge is 0.205 e. The molecular weight excluding hydrogens is 266 g/mol. The van der Waals surface area contributed by atoms with E-state index >= 15 is 0 Å². The number of hydrogen-bond acceptors (Lipinski definition) is 1. The van der Waals surface area contributed by atoms with Crippen molar-refractivity contribution in [2.24, 2.45) is 0 Å². The molecule has 0 aliphatic rings. The van der Waals surface area contributed by atoms with Gasteiger partial charge in [-0.25, -0.2) is 4.39 Å². The summed E-state index contributed by atoms with van der Waals surface area (Å²) in [6.45, 7) is 0. The fourth-order valence-corrected chi connectivity index (χ4v) is 2.76. The maximum absolute atomic E-state index is 13.0. The van der Waals surface area contributed by atoms with Crippen molar-refractivity contribution >= 4 is 34.5 Å². The van der Waals surface area contributed by atoms with Crippen LogP contribution >= 0.6 is 34.5 Å². The summed E-state index contributed by atoms with van der Waals surface area (Å²) in [5.74, 6) is -0.412.